The van der Waals surface area contributed by atoms with E-state index in [0.29, 0.717) is 28.6 Å². The zero-order valence-corrected chi connectivity index (χ0v) is 17.5. The number of aromatic nitrogens is 1. The molecule has 0 unspecified atom stereocenters. The number of rotatable bonds is 6. The number of hydrogen-bond acceptors (Lipinski definition) is 5. The SMILES string of the molecule is CCc1nc2ccccc2c(C(=O)O[C@H](C)C(=O)Nc2ccc(C(C)=O)cc2)c1C. The van der Waals surface area contributed by atoms with Crippen molar-refractivity contribution in [3.63, 3.8) is 0 Å². The number of benzene rings is 2. The number of ether oxygens (including phenoxy) is 1. The Morgan fingerprint density at radius 3 is 2.37 bits per heavy atom. The van der Waals surface area contributed by atoms with E-state index in [1.165, 1.54) is 13.8 Å². The molecular weight excluding hydrogens is 380 g/mol. The molecule has 0 aliphatic carbocycles. The lowest BCUT2D eigenvalue weighted by Gasteiger charge is -2.17. The summed E-state index contributed by atoms with van der Waals surface area (Å²) in [6.45, 7) is 6.82. The van der Waals surface area contributed by atoms with E-state index in [0.717, 1.165) is 16.8 Å². The number of fused-ring (bicyclic) bond motifs is 1. The van der Waals surface area contributed by atoms with Crippen molar-refractivity contribution >= 4 is 34.3 Å². The molecule has 154 valence electrons. The van der Waals surface area contributed by atoms with Crippen LogP contribution in [0.4, 0.5) is 5.69 Å². The van der Waals surface area contributed by atoms with Crippen LogP contribution in [0.25, 0.3) is 10.9 Å². The topological polar surface area (TPSA) is 85.4 Å². The molecule has 1 atom stereocenters. The van der Waals surface area contributed by atoms with Crippen LogP contribution in [-0.2, 0) is 16.0 Å². The summed E-state index contributed by atoms with van der Waals surface area (Å²) in [7, 11) is 0. The average molecular weight is 404 g/mol. The number of nitrogens with zero attached hydrogens (tertiary/aromatic N) is 1. The number of Topliss-reactive ketones (excluding diaryl/α,β-unsaturated/α-hetero) is 1. The van der Waals surface area contributed by atoms with Gasteiger partial charge in [-0.15, -0.1) is 0 Å². The van der Waals surface area contributed by atoms with E-state index in [9.17, 15) is 14.4 Å². The van der Waals surface area contributed by atoms with Gasteiger partial charge in [0.05, 0.1) is 11.1 Å². The Morgan fingerprint density at radius 1 is 1.07 bits per heavy atom. The van der Waals surface area contributed by atoms with Crippen LogP contribution in [0, 0.1) is 6.92 Å². The fraction of sp³-hybridized carbons (Fsp3) is 0.250. The molecule has 0 aliphatic rings. The molecule has 6 heteroatoms. The molecule has 0 radical (unpaired) electrons. The van der Waals surface area contributed by atoms with Gasteiger partial charge in [-0.05, 0) is 63.1 Å². The summed E-state index contributed by atoms with van der Waals surface area (Å²) < 4.78 is 5.49. The van der Waals surface area contributed by atoms with Crippen LogP contribution in [0.5, 0.6) is 0 Å². The lowest BCUT2D eigenvalue weighted by Crippen LogP contribution is -2.30. The van der Waals surface area contributed by atoms with Gasteiger partial charge in [0.25, 0.3) is 5.91 Å². The molecule has 0 saturated heterocycles. The molecule has 3 aromatic rings. The van der Waals surface area contributed by atoms with Gasteiger partial charge in [0, 0.05) is 22.3 Å². The first kappa shape index (κ1) is 21.2. The molecule has 1 heterocycles. The van der Waals surface area contributed by atoms with Crippen LogP contribution < -0.4 is 5.32 Å². The number of pyridine rings is 1. The monoisotopic (exact) mass is 404 g/mol. The van der Waals surface area contributed by atoms with Crippen molar-refractivity contribution in [3.05, 3.63) is 70.9 Å². The average Bonchev–Trinajstić information content (AvgIpc) is 2.73. The number of amides is 1. The standard InChI is InChI=1S/C24H24N2O4/c1-5-20-14(2)22(19-8-6-7-9-21(19)26-20)24(29)30-16(4)23(28)25-18-12-10-17(11-13-18)15(3)27/h6-13,16H,5H2,1-4H3,(H,25,28)/t16-/m1/s1. The molecule has 6 nitrogen and oxygen atoms in total. The van der Waals surface area contributed by atoms with Crippen molar-refractivity contribution < 1.29 is 19.1 Å². The van der Waals surface area contributed by atoms with Gasteiger partial charge in [0.15, 0.2) is 11.9 Å². The zero-order chi connectivity index (χ0) is 21.8. The number of nitrogens with one attached hydrogen (secondary N) is 1. The van der Waals surface area contributed by atoms with Crippen LogP contribution in [-0.4, -0.2) is 28.7 Å². The zero-order valence-electron chi connectivity index (χ0n) is 17.5. The molecular formula is C24H24N2O4. The maximum absolute atomic E-state index is 13.0. The Morgan fingerprint density at radius 2 is 1.73 bits per heavy atom. The second kappa shape index (κ2) is 8.86. The molecule has 0 bridgehead atoms. The number of carbonyl (C=O) groups excluding carboxylic acids is 3. The van der Waals surface area contributed by atoms with Gasteiger partial charge < -0.3 is 10.1 Å². The number of ketones is 1. The molecule has 3 rings (SSSR count). The molecule has 0 aliphatic heterocycles. The van der Waals surface area contributed by atoms with Gasteiger partial charge in [-0.2, -0.15) is 0 Å². The van der Waals surface area contributed by atoms with E-state index in [-0.39, 0.29) is 5.78 Å². The predicted octanol–water partition coefficient (Wildman–Crippen LogP) is 4.49. The quantitative estimate of drug-likeness (QED) is 0.483. The second-order valence-electron chi connectivity index (χ2n) is 7.10. The summed E-state index contributed by atoms with van der Waals surface area (Å²) in [6, 6.07) is 13.9. The van der Waals surface area contributed by atoms with E-state index < -0.39 is 18.0 Å². The van der Waals surface area contributed by atoms with Gasteiger partial charge in [-0.3, -0.25) is 14.6 Å². The number of anilines is 1. The normalized spacial score (nSPS) is 11.7. The number of para-hydroxylation sites is 1. The second-order valence-corrected chi connectivity index (χ2v) is 7.10. The first-order valence-corrected chi connectivity index (χ1v) is 9.82. The summed E-state index contributed by atoms with van der Waals surface area (Å²) in [6.07, 6.45) is -0.315. The minimum Gasteiger partial charge on any atom is -0.449 e. The van der Waals surface area contributed by atoms with Crippen molar-refractivity contribution in [2.45, 2.75) is 40.2 Å². The highest BCUT2D eigenvalue weighted by Crippen LogP contribution is 2.25. The van der Waals surface area contributed by atoms with Crippen molar-refractivity contribution in [2.75, 3.05) is 5.32 Å². The number of carbonyl (C=O) groups is 3. The molecule has 2 aromatic carbocycles. The molecule has 30 heavy (non-hydrogen) atoms. The fourth-order valence-electron chi connectivity index (χ4n) is 3.27. The minimum absolute atomic E-state index is 0.0541. The summed E-state index contributed by atoms with van der Waals surface area (Å²) in [4.78, 5) is 41.4. The highest BCUT2D eigenvalue weighted by Gasteiger charge is 2.23. The Hall–Kier alpha value is -3.54. The predicted molar refractivity (Wildman–Crippen MR) is 116 cm³/mol. The van der Waals surface area contributed by atoms with Crippen molar-refractivity contribution in [3.8, 4) is 0 Å². The Bertz CT molecular complexity index is 1120. The largest absolute Gasteiger partial charge is 0.449 e. The minimum atomic E-state index is -0.999. The van der Waals surface area contributed by atoms with Gasteiger partial charge in [0.1, 0.15) is 0 Å². The van der Waals surface area contributed by atoms with Gasteiger partial charge in [-0.1, -0.05) is 25.1 Å². The van der Waals surface area contributed by atoms with Crippen molar-refractivity contribution in [1.29, 1.82) is 0 Å². The van der Waals surface area contributed by atoms with Crippen molar-refractivity contribution in [1.82, 2.24) is 4.98 Å². The summed E-state index contributed by atoms with van der Waals surface area (Å²) in [5, 5.41) is 3.40. The lowest BCUT2D eigenvalue weighted by molar-refractivity contribution is -0.123. The van der Waals surface area contributed by atoms with Gasteiger partial charge >= 0.3 is 5.97 Å². The number of aryl methyl sites for hydroxylation is 1. The van der Waals surface area contributed by atoms with Crippen LogP contribution in [0.15, 0.2) is 48.5 Å². The summed E-state index contributed by atoms with van der Waals surface area (Å²) >= 11 is 0. The van der Waals surface area contributed by atoms with Gasteiger partial charge in [0.2, 0.25) is 0 Å². The van der Waals surface area contributed by atoms with Crippen LogP contribution >= 0.6 is 0 Å². The first-order valence-electron chi connectivity index (χ1n) is 9.82. The Balaban J connectivity index is 1.79. The van der Waals surface area contributed by atoms with Crippen LogP contribution in [0.1, 0.15) is 52.7 Å². The fourth-order valence-corrected chi connectivity index (χ4v) is 3.27. The van der Waals surface area contributed by atoms with E-state index in [2.05, 4.69) is 10.3 Å². The number of esters is 1. The van der Waals surface area contributed by atoms with Crippen LogP contribution in [0.3, 0.4) is 0 Å². The maximum Gasteiger partial charge on any atom is 0.339 e. The highest BCUT2D eigenvalue weighted by atomic mass is 16.5. The molecule has 0 saturated carbocycles. The molecule has 1 amide bonds. The summed E-state index contributed by atoms with van der Waals surface area (Å²) in [5.41, 5.74) is 3.81. The maximum atomic E-state index is 13.0. The van der Waals surface area contributed by atoms with E-state index in [4.69, 9.17) is 4.74 Å². The third-order valence-corrected chi connectivity index (χ3v) is 4.99. The van der Waals surface area contributed by atoms with Crippen molar-refractivity contribution in [2.24, 2.45) is 0 Å². The Kier molecular flexibility index (Phi) is 6.26. The van der Waals surface area contributed by atoms with Crippen LogP contribution in [0.2, 0.25) is 0 Å². The molecule has 0 spiro atoms. The Labute approximate surface area is 175 Å². The molecule has 1 N–H and O–H groups in total. The van der Waals surface area contributed by atoms with E-state index in [1.54, 1.807) is 24.3 Å². The van der Waals surface area contributed by atoms with Gasteiger partial charge in [-0.25, -0.2) is 4.79 Å². The van der Waals surface area contributed by atoms with E-state index in [1.807, 2.05) is 38.1 Å². The number of hydrogen-bond donors (Lipinski definition) is 1. The first-order chi connectivity index (χ1) is 14.3. The highest BCUT2D eigenvalue weighted by molar-refractivity contribution is 6.06. The third kappa shape index (κ3) is 4.38. The smallest absolute Gasteiger partial charge is 0.339 e. The van der Waals surface area contributed by atoms with E-state index >= 15 is 0 Å². The summed E-state index contributed by atoms with van der Waals surface area (Å²) in [5.74, 6) is -1.07. The molecule has 0 fully saturated rings. The lowest BCUT2D eigenvalue weighted by atomic mass is 10.0. The third-order valence-electron chi connectivity index (χ3n) is 4.99. The molecule has 1 aromatic heterocycles.